The van der Waals surface area contributed by atoms with Crippen LogP contribution >= 0.6 is 11.3 Å². The molecule has 0 aliphatic rings. The maximum Gasteiger partial charge on any atom is 0.126 e. The van der Waals surface area contributed by atoms with E-state index < -0.39 is 5.54 Å². The van der Waals surface area contributed by atoms with E-state index in [0.29, 0.717) is 12.0 Å². The number of aryl methyl sites for hydroxylation is 1. The molecule has 90 valence electrons. The Morgan fingerprint density at radius 2 is 2.12 bits per heavy atom. The summed E-state index contributed by atoms with van der Waals surface area (Å²) in [6.45, 7) is 3.82. The third-order valence-electron chi connectivity index (χ3n) is 2.62. The summed E-state index contributed by atoms with van der Waals surface area (Å²) >= 11 is 1.52. The van der Waals surface area contributed by atoms with Crippen LogP contribution in [-0.2, 0) is 12.0 Å². The van der Waals surface area contributed by atoms with Crippen LogP contribution in [-0.4, -0.2) is 4.98 Å². The second-order valence-electron chi connectivity index (χ2n) is 4.48. The average molecular weight is 250 g/mol. The minimum atomic E-state index is -0.624. The summed E-state index contributed by atoms with van der Waals surface area (Å²) in [6.07, 6.45) is 0.451. The highest BCUT2D eigenvalue weighted by atomic mass is 32.1. The Balaban J connectivity index is 2.26. The van der Waals surface area contributed by atoms with Crippen LogP contribution < -0.4 is 5.73 Å². The second kappa shape index (κ2) is 4.55. The van der Waals surface area contributed by atoms with Gasteiger partial charge in [0.05, 0.1) is 5.54 Å². The van der Waals surface area contributed by atoms with Crippen LogP contribution in [0.2, 0.25) is 0 Å². The molecule has 2 rings (SSSR count). The smallest absolute Gasteiger partial charge is 0.126 e. The van der Waals surface area contributed by atoms with Gasteiger partial charge < -0.3 is 5.73 Å². The SMILES string of the molecule is Cc1csc(C(C)(N)Cc2ccccc2F)n1. The minimum absolute atomic E-state index is 0.211. The first-order valence-corrected chi connectivity index (χ1v) is 6.32. The number of benzene rings is 1. The zero-order valence-electron chi connectivity index (χ0n) is 9.90. The molecule has 0 saturated heterocycles. The molecule has 4 heteroatoms. The van der Waals surface area contributed by atoms with Crippen LogP contribution in [0.1, 0.15) is 23.2 Å². The second-order valence-corrected chi connectivity index (χ2v) is 5.34. The minimum Gasteiger partial charge on any atom is -0.319 e. The molecule has 0 spiro atoms. The lowest BCUT2D eigenvalue weighted by atomic mass is 9.94. The molecule has 2 aromatic rings. The van der Waals surface area contributed by atoms with Crippen molar-refractivity contribution in [1.82, 2.24) is 4.98 Å². The summed E-state index contributed by atoms with van der Waals surface area (Å²) in [5.74, 6) is -0.211. The van der Waals surface area contributed by atoms with Crippen molar-refractivity contribution in [3.05, 3.63) is 51.7 Å². The lowest BCUT2D eigenvalue weighted by Gasteiger charge is -2.22. The van der Waals surface area contributed by atoms with Gasteiger partial charge in [-0.25, -0.2) is 9.37 Å². The summed E-state index contributed by atoms with van der Waals surface area (Å²) in [6, 6.07) is 6.72. The molecule has 0 radical (unpaired) electrons. The Kier molecular flexibility index (Phi) is 3.26. The maximum absolute atomic E-state index is 13.6. The first-order chi connectivity index (χ1) is 7.99. The van der Waals surface area contributed by atoms with Gasteiger partial charge in [0.25, 0.3) is 0 Å². The topological polar surface area (TPSA) is 38.9 Å². The van der Waals surface area contributed by atoms with Crippen LogP contribution in [0.15, 0.2) is 29.6 Å². The third-order valence-corrected chi connectivity index (χ3v) is 3.86. The van der Waals surface area contributed by atoms with Gasteiger partial charge >= 0.3 is 0 Å². The van der Waals surface area contributed by atoms with E-state index in [9.17, 15) is 4.39 Å². The Bertz CT molecular complexity index is 520. The molecule has 1 heterocycles. The monoisotopic (exact) mass is 250 g/mol. The zero-order valence-corrected chi connectivity index (χ0v) is 10.7. The van der Waals surface area contributed by atoms with Crippen LogP contribution in [0.25, 0.3) is 0 Å². The highest BCUT2D eigenvalue weighted by Gasteiger charge is 2.26. The average Bonchev–Trinajstić information content (AvgIpc) is 2.69. The van der Waals surface area contributed by atoms with E-state index in [1.54, 1.807) is 12.1 Å². The molecule has 17 heavy (non-hydrogen) atoms. The zero-order chi connectivity index (χ0) is 12.5. The van der Waals surface area contributed by atoms with Crippen molar-refractivity contribution in [2.75, 3.05) is 0 Å². The van der Waals surface area contributed by atoms with Crippen molar-refractivity contribution in [2.45, 2.75) is 25.8 Å². The Hall–Kier alpha value is -1.26. The van der Waals surface area contributed by atoms with Gasteiger partial charge in [0.2, 0.25) is 0 Å². The van der Waals surface area contributed by atoms with Crippen LogP contribution in [0.4, 0.5) is 4.39 Å². The van der Waals surface area contributed by atoms with E-state index in [1.807, 2.05) is 25.3 Å². The molecule has 1 aromatic carbocycles. The van der Waals surface area contributed by atoms with Gasteiger partial charge in [-0.2, -0.15) is 0 Å². The van der Waals surface area contributed by atoms with Gasteiger partial charge in [-0.3, -0.25) is 0 Å². The normalized spacial score (nSPS) is 14.6. The van der Waals surface area contributed by atoms with Gasteiger partial charge in [-0.05, 0) is 31.9 Å². The predicted octanol–water partition coefficient (Wildman–Crippen LogP) is 3.01. The Morgan fingerprint density at radius 3 is 2.71 bits per heavy atom. The summed E-state index contributed by atoms with van der Waals surface area (Å²) in [5.41, 5.74) is 7.19. The predicted molar refractivity (Wildman–Crippen MR) is 68.5 cm³/mol. The first kappa shape index (κ1) is 12.2. The molecule has 0 aliphatic heterocycles. The van der Waals surface area contributed by atoms with Gasteiger partial charge in [0.1, 0.15) is 10.8 Å². The number of hydrogen-bond acceptors (Lipinski definition) is 3. The van der Waals surface area contributed by atoms with Crippen molar-refractivity contribution in [1.29, 1.82) is 0 Å². The van der Waals surface area contributed by atoms with E-state index in [4.69, 9.17) is 5.73 Å². The molecule has 0 amide bonds. The molecular weight excluding hydrogens is 235 g/mol. The fraction of sp³-hybridized carbons (Fsp3) is 0.308. The molecule has 0 aliphatic carbocycles. The molecule has 1 aromatic heterocycles. The number of aromatic nitrogens is 1. The van der Waals surface area contributed by atoms with Gasteiger partial charge in [-0.1, -0.05) is 18.2 Å². The molecular formula is C13H15FN2S. The number of hydrogen-bond donors (Lipinski definition) is 1. The number of rotatable bonds is 3. The van der Waals surface area contributed by atoms with Crippen molar-refractivity contribution >= 4 is 11.3 Å². The molecule has 2 N–H and O–H groups in total. The first-order valence-electron chi connectivity index (χ1n) is 5.44. The van der Waals surface area contributed by atoms with Crippen molar-refractivity contribution in [3.63, 3.8) is 0 Å². The van der Waals surface area contributed by atoms with Gasteiger partial charge in [0, 0.05) is 11.1 Å². The lowest BCUT2D eigenvalue weighted by Crippen LogP contribution is -2.35. The van der Waals surface area contributed by atoms with Gasteiger partial charge in [-0.15, -0.1) is 11.3 Å². The summed E-state index contributed by atoms with van der Waals surface area (Å²) in [5, 5.41) is 2.81. The van der Waals surface area contributed by atoms with Crippen LogP contribution in [0.5, 0.6) is 0 Å². The van der Waals surface area contributed by atoms with E-state index in [1.165, 1.54) is 17.4 Å². The lowest BCUT2D eigenvalue weighted by molar-refractivity contribution is 0.472. The highest BCUT2D eigenvalue weighted by molar-refractivity contribution is 7.09. The maximum atomic E-state index is 13.6. The van der Waals surface area contributed by atoms with E-state index in [2.05, 4.69) is 4.98 Å². The van der Waals surface area contributed by atoms with Crippen LogP contribution in [0, 0.1) is 12.7 Å². The Morgan fingerprint density at radius 1 is 1.41 bits per heavy atom. The molecule has 0 bridgehead atoms. The van der Waals surface area contributed by atoms with E-state index >= 15 is 0 Å². The quantitative estimate of drug-likeness (QED) is 0.909. The number of nitrogens with zero attached hydrogens (tertiary/aromatic N) is 1. The number of thiazole rings is 1. The van der Waals surface area contributed by atoms with Crippen molar-refractivity contribution in [3.8, 4) is 0 Å². The van der Waals surface area contributed by atoms with Crippen LogP contribution in [0.3, 0.4) is 0 Å². The molecule has 1 atom stereocenters. The molecule has 2 nitrogen and oxygen atoms in total. The number of nitrogens with two attached hydrogens (primary N) is 1. The Labute approximate surface area is 104 Å². The summed E-state index contributed by atoms with van der Waals surface area (Å²) in [4.78, 5) is 4.38. The van der Waals surface area contributed by atoms with E-state index in [0.717, 1.165) is 10.7 Å². The summed E-state index contributed by atoms with van der Waals surface area (Å²) in [7, 11) is 0. The van der Waals surface area contributed by atoms with Crippen molar-refractivity contribution < 1.29 is 4.39 Å². The van der Waals surface area contributed by atoms with E-state index in [-0.39, 0.29) is 5.82 Å². The standard InChI is InChI=1S/C13H15FN2S/c1-9-8-17-12(16-9)13(2,15)7-10-5-3-4-6-11(10)14/h3-6,8H,7,15H2,1-2H3. The van der Waals surface area contributed by atoms with Crippen molar-refractivity contribution in [2.24, 2.45) is 5.73 Å². The summed E-state index contributed by atoms with van der Waals surface area (Å²) < 4.78 is 13.6. The fourth-order valence-electron chi connectivity index (χ4n) is 1.73. The molecule has 0 saturated carbocycles. The third kappa shape index (κ3) is 2.70. The number of halogens is 1. The highest BCUT2D eigenvalue weighted by Crippen LogP contribution is 2.26. The largest absolute Gasteiger partial charge is 0.319 e. The molecule has 0 fully saturated rings. The molecule has 1 unspecified atom stereocenters. The van der Waals surface area contributed by atoms with Gasteiger partial charge in [0.15, 0.2) is 0 Å². The fourth-order valence-corrected chi connectivity index (χ4v) is 2.60.